The first-order chi connectivity index (χ1) is 9.99. The highest BCUT2D eigenvalue weighted by molar-refractivity contribution is 5.34. The third kappa shape index (κ3) is 2.89. The number of fused-ring (bicyclic) bond motifs is 1. The van der Waals surface area contributed by atoms with Crippen LogP contribution in [0.1, 0.15) is 70.5 Å². The van der Waals surface area contributed by atoms with Crippen LogP contribution in [0, 0.1) is 5.41 Å². The van der Waals surface area contributed by atoms with E-state index < -0.39 is 0 Å². The van der Waals surface area contributed by atoms with E-state index in [0.29, 0.717) is 23.5 Å². The molecule has 1 fully saturated rings. The summed E-state index contributed by atoms with van der Waals surface area (Å²) in [5.41, 5.74) is 7.29. The van der Waals surface area contributed by atoms with Crippen LogP contribution >= 0.6 is 0 Å². The molecule has 1 aliphatic carbocycles. The molecule has 0 spiro atoms. The highest BCUT2D eigenvalue weighted by Crippen LogP contribution is 2.44. The Labute approximate surface area is 129 Å². The summed E-state index contributed by atoms with van der Waals surface area (Å²) in [6, 6.07) is 10.7. The largest absolute Gasteiger partial charge is 0.247 e. The molecule has 1 saturated heterocycles. The van der Waals surface area contributed by atoms with Gasteiger partial charge in [-0.25, -0.2) is 10.4 Å². The van der Waals surface area contributed by atoms with E-state index in [9.17, 15) is 0 Å². The summed E-state index contributed by atoms with van der Waals surface area (Å²) in [7, 11) is 0. The number of piperidine rings is 1. The number of hydrogen-bond acceptors (Lipinski definition) is 2. The van der Waals surface area contributed by atoms with Gasteiger partial charge in [0.2, 0.25) is 0 Å². The Bertz CT molecular complexity index is 484. The first kappa shape index (κ1) is 15.1. The first-order valence-electron chi connectivity index (χ1n) is 8.61. The van der Waals surface area contributed by atoms with E-state index in [1.165, 1.54) is 43.2 Å². The maximum atomic E-state index is 3.94. The summed E-state index contributed by atoms with van der Waals surface area (Å²) >= 11 is 0. The number of rotatable bonds is 2. The second-order valence-electron chi connectivity index (χ2n) is 7.79. The molecule has 2 nitrogen and oxygen atoms in total. The average molecular weight is 286 g/mol. The van der Waals surface area contributed by atoms with Crippen LogP contribution in [-0.2, 0) is 6.42 Å². The summed E-state index contributed by atoms with van der Waals surface area (Å²) < 4.78 is 0. The Hall–Kier alpha value is -0.860. The summed E-state index contributed by atoms with van der Waals surface area (Å²) in [6.45, 7) is 9.56. The van der Waals surface area contributed by atoms with Crippen LogP contribution in [0.2, 0.25) is 0 Å². The van der Waals surface area contributed by atoms with E-state index in [0.717, 1.165) is 0 Å². The zero-order valence-corrected chi connectivity index (χ0v) is 14.0. The standard InChI is InChI=1S/C19H30N2/c1-14-8-7-9-15(2)21(14)20-18-17-11-6-5-10-16(17)12-13-19(18,3)4/h5-6,10-11,14-15,18,20H,7-9,12-13H2,1-4H3. The Morgan fingerprint density at radius 2 is 1.76 bits per heavy atom. The minimum Gasteiger partial charge on any atom is -0.247 e. The molecule has 0 radical (unpaired) electrons. The molecule has 3 rings (SSSR count). The third-order valence-electron chi connectivity index (χ3n) is 5.66. The van der Waals surface area contributed by atoms with Gasteiger partial charge in [0.1, 0.15) is 0 Å². The predicted octanol–water partition coefficient (Wildman–Crippen LogP) is 4.47. The molecular weight excluding hydrogens is 256 g/mol. The van der Waals surface area contributed by atoms with Crippen LogP contribution in [0.5, 0.6) is 0 Å². The maximum absolute atomic E-state index is 3.94. The summed E-state index contributed by atoms with van der Waals surface area (Å²) in [5.74, 6) is 0. The van der Waals surface area contributed by atoms with Gasteiger partial charge in [-0.15, -0.1) is 0 Å². The number of benzene rings is 1. The van der Waals surface area contributed by atoms with Gasteiger partial charge in [-0.2, -0.15) is 0 Å². The van der Waals surface area contributed by atoms with E-state index in [1.807, 2.05) is 0 Å². The van der Waals surface area contributed by atoms with Crippen molar-refractivity contribution >= 4 is 0 Å². The van der Waals surface area contributed by atoms with Crippen molar-refractivity contribution in [2.75, 3.05) is 0 Å². The molecule has 0 bridgehead atoms. The molecule has 0 saturated carbocycles. The third-order valence-corrected chi connectivity index (χ3v) is 5.66. The fraction of sp³-hybridized carbons (Fsp3) is 0.684. The number of aryl methyl sites for hydroxylation is 1. The highest BCUT2D eigenvalue weighted by Gasteiger charge is 2.38. The smallest absolute Gasteiger partial charge is 0.0518 e. The Balaban J connectivity index is 1.88. The van der Waals surface area contributed by atoms with Gasteiger partial charge >= 0.3 is 0 Å². The molecule has 3 atom stereocenters. The Kier molecular flexibility index (Phi) is 4.11. The molecule has 1 aromatic carbocycles. The molecule has 2 aliphatic rings. The summed E-state index contributed by atoms with van der Waals surface area (Å²) in [4.78, 5) is 0. The summed E-state index contributed by atoms with van der Waals surface area (Å²) in [5, 5.41) is 2.54. The van der Waals surface area contributed by atoms with Gasteiger partial charge in [-0.05, 0) is 56.1 Å². The van der Waals surface area contributed by atoms with Crippen molar-refractivity contribution in [3.05, 3.63) is 35.4 Å². The molecular formula is C19H30N2. The molecule has 1 aromatic rings. The lowest BCUT2D eigenvalue weighted by atomic mass is 9.70. The van der Waals surface area contributed by atoms with E-state index in [2.05, 4.69) is 62.4 Å². The van der Waals surface area contributed by atoms with Crippen molar-refractivity contribution in [1.82, 2.24) is 10.4 Å². The van der Waals surface area contributed by atoms with Crippen molar-refractivity contribution in [2.24, 2.45) is 5.41 Å². The van der Waals surface area contributed by atoms with Gasteiger partial charge in [-0.3, -0.25) is 0 Å². The van der Waals surface area contributed by atoms with E-state index in [4.69, 9.17) is 0 Å². The minimum absolute atomic E-state index is 0.311. The molecule has 21 heavy (non-hydrogen) atoms. The van der Waals surface area contributed by atoms with Gasteiger partial charge in [0.05, 0.1) is 6.04 Å². The molecule has 1 heterocycles. The summed E-state index contributed by atoms with van der Waals surface area (Å²) in [6.07, 6.45) is 6.47. The van der Waals surface area contributed by atoms with Crippen LogP contribution in [0.15, 0.2) is 24.3 Å². The zero-order chi connectivity index (χ0) is 15.0. The van der Waals surface area contributed by atoms with Crippen molar-refractivity contribution in [1.29, 1.82) is 0 Å². The highest BCUT2D eigenvalue weighted by atomic mass is 15.5. The molecule has 0 aromatic heterocycles. The van der Waals surface area contributed by atoms with Crippen molar-refractivity contribution in [3.63, 3.8) is 0 Å². The second-order valence-corrected chi connectivity index (χ2v) is 7.79. The van der Waals surface area contributed by atoms with Crippen molar-refractivity contribution in [3.8, 4) is 0 Å². The number of hydrazine groups is 1. The van der Waals surface area contributed by atoms with Crippen LogP contribution in [-0.4, -0.2) is 17.1 Å². The van der Waals surface area contributed by atoms with E-state index >= 15 is 0 Å². The SMILES string of the molecule is CC1CCCC(C)N1NC1c2ccccc2CCC1(C)C. The quantitative estimate of drug-likeness (QED) is 0.863. The lowest BCUT2D eigenvalue weighted by Crippen LogP contribution is -2.56. The molecule has 1 N–H and O–H groups in total. The van der Waals surface area contributed by atoms with Gasteiger partial charge in [0, 0.05) is 12.1 Å². The molecule has 0 amide bonds. The first-order valence-corrected chi connectivity index (χ1v) is 8.61. The fourth-order valence-electron chi connectivity index (χ4n) is 4.13. The maximum Gasteiger partial charge on any atom is 0.0518 e. The lowest BCUT2D eigenvalue weighted by molar-refractivity contribution is -0.000469. The lowest BCUT2D eigenvalue weighted by Gasteiger charge is -2.47. The monoisotopic (exact) mass is 286 g/mol. The van der Waals surface area contributed by atoms with Gasteiger partial charge in [0.25, 0.3) is 0 Å². The van der Waals surface area contributed by atoms with E-state index in [-0.39, 0.29) is 0 Å². The molecule has 2 heteroatoms. The second kappa shape index (κ2) is 5.73. The average Bonchev–Trinajstić information content (AvgIpc) is 2.45. The zero-order valence-electron chi connectivity index (χ0n) is 14.0. The molecule has 1 aliphatic heterocycles. The van der Waals surface area contributed by atoms with Crippen LogP contribution in [0.25, 0.3) is 0 Å². The molecule has 116 valence electrons. The van der Waals surface area contributed by atoms with Crippen LogP contribution in [0.3, 0.4) is 0 Å². The van der Waals surface area contributed by atoms with Crippen molar-refractivity contribution in [2.45, 2.75) is 77.9 Å². The normalized spacial score (nSPS) is 32.7. The van der Waals surface area contributed by atoms with Gasteiger partial charge in [0.15, 0.2) is 0 Å². The van der Waals surface area contributed by atoms with Crippen LogP contribution in [0.4, 0.5) is 0 Å². The number of hydrogen-bond donors (Lipinski definition) is 1. The number of nitrogens with zero attached hydrogens (tertiary/aromatic N) is 1. The van der Waals surface area contributed by atoms with E-state index in [1.54, 1.807) is 0 Å². The minimum atomic E-state index is 0.311. The van der Waals surface area contributed by atoms with Gasteiger partial charge < -0.3 is 0 Å². The molecule has 3 unspecified atom stereocenters. The van der Waals surface area contributed by atoms with Crippen LogP contribution < -0.4 is 5.43 Å². The van der Waals surface area contributed by atoms with Gasteiger partial charge in [-0.1, -0.05) is 44.5 Å². The Morgan fingerprint density at radius 3 is 2.48 bits per heavy atom. The van der Waals surface area contributed by atoms with Crippen molar-refractivity contribution < 1.29 is 0 Å². The fourth-order valence-corrected chi connectivity index (χ4v) is 4.13. The number of nitrogens with one attached hydrogen (secondary N) is 1. The topological polar surface area (TPSA) is 15.3 Å². The Morgan fingerprint density at radius 1 is 1.10 bits per heavy atom. The predicted molar refractivity (Wildman–Crippen MR) is 89.0 cm³/mol.